The SMILES string of the molecule is CN=C(NCC1CCCOC1C(C)(C)C)Nc1cc(OC)c(OC)c(OC)c1. The summed E-state index contributed by atoms with van der Waals surface area (Å²) >= 11 is 0. The van der Waals surface area contributed by atoms with E-state index in [2.05, 4.69) is 36.4 Å². The molecule has 0 spiro atoms. The Bertz CT molecular complexity index is 645. The van der Waals surface area contributed by atoms with E-state index in [1.54, 1.807) is 28.4 Å². The van der Waals surface area contributed by atoms with Gasteiger partial charge < -0.3 is 29.6 Å². The van der Waals surface area contributed by atoms with Gasteiger partial charge in [0.1, 0.15) is 0 Å². The fraction of sp³-hybridized carbons (Fsp3) is 0.667. The molecule has 158 valence electrons. The lowest BCUT2D eigenvalue weighted by Gasteiger charge is -2.40. The minimum Gasteiger partial charge on any atom is -0.493 e. The Balaban J connectivity index is 2.08. The van der Waals surface area contributed by atoms with Crippen molar-refractivity contribution in [3.05, 3.63) is 12.1 Å². The van der Waals surface area contributed by atoms with Crippen LogP contribution in [0, 0.1) is 11.3 Å². The summed E-state index contributed by atoms with van der Waals surface area (Å²) in [5.74, 6) is 2.87. The van der Waals surface area contributed by atoms with Crippen LogP contribution in [0.25, 0.3) is 0 Å². The molecule has 28 heavy (non-hydrogen) atoms. The lowest BCUT2D eigenvalue weighted by Crippen LogP contribution is -2.46. The number of nitrogens with zero attached hydrogens (tertiary/aromatic N) is 1. The minimum absolute atomic E-state index is 0.112. The summed E-state index contributed by atoms with van der Waals surface area (Å²) in [6, 6.07) is 3.71. The first-order chi connectivity index (χ1) is 13.3. The van der Waals surface area contributed by atoms with Gasteiger partial charge in [0.2, 0.25) is 5.75 Å². The average Bonchev–Trinajstić information content (AvgIpc) is 2.69. The highest BCUT2D eigenvalue weighted by molar-refractivity contribution is 5.94. The summed E-state index contributed by atoms with van der Waals surface area (Å²) in [5.41, 5.74) is 0.912. The molecule has 0 saturated carbocycles. The van der Waals surface area contributed by atoms with Crippen LogP contribution < -0.4 is 24.8 Å². The molecule has 1 fully saturated rings. The first-order valence-electron chi connectivity index (χ1n) is 9.73. The van der Waals surface area contributed by atoms with Crippen LogP contribution in [0.3, 0.4) is 0 Å². The van der Waals surface area contributed by atoms with Gasteiger partial charge >= 0.3 is 0 Å². The fourth-order valence-corrected chi connectivity index (χ4v) is 3.71. The number of benzene rings is 1. The normalized spacial score (nSPS) is 20.5. The Morgan fingerprint density at radius 1 is 1.14 bits per heavy atom. The van der Waals surface area contributed by atoms with Crippen LogP contribution in [-0.2, 0) is 4.74 Å². The highest BCUT2D eigenvalue weighted by Crippen LogP contribution is 2.40. The number of methoxy groups -OCH3 is 3. The topological polar surface area (TPSA) is 73.3 Å². The van der Waals surface area contributed by atoms with E-state index < -0.39 is 0 Å². The molecule has 1 heterocycles. The highest BCUT2D eigenvalue weighted by Gasteiger charge is 2.35. The Morgan fingerprint density at radius 2 is 1.79 bits per heavy atom. The van der Waals surface area contributed by atoms with Crippen LogP contribution >= 0.6 is 0 Å². The van der Waals surface area contributed by atoms with E-state index in [-0.39, 0.29) is 11.5 Å². The van der Waals surface area contributed by atoms with Crippen LogP contribution in [0.2, 0.25) is 0 Å². The molecule has 2 N–H and O–H groups in total. The maximum atomic E-state index is 6.08. The van der Waals surface area contributed by atoms with E-state index in [1.165, 1.54) is 0 Å². The predicted molar refractivity (Wildman–Crippen MR) is 113 cm³/mol. The molecule has 0 amide bonds. The van der Waals surface area contributed by atoms with E-state index in [1.807, 2.05) is 12.1 Å². The molecule has 1 aromatic carbocycles. The Kier molecular flexibility index (Phi) is 7.80. The number of anilines is 1. The molecule has 2 atom stereocenters. The van der Waals surface area contributed by atoms with Crippen molar-refractivity contribution in [2.24, 2.45) is 16.3 Å². The van der Waals surface area contributed by atoms with Gasteiger partial charge in [0.15, 0.2) is 17.5 Å². The van der Waals surface area contributed by atoms with E-state index in [4.69, 9.17) is 18.9 Å². The van der Waals surface area contributed by atoms with Crippen molar-refractivity contribution < 1.29 is 18.9 Å². The number of guanidine groups is 1. The lowest BCUT2D eigenvalue weighted by molar-refractivity contribution is -0.0835. The standard InChI is InChI=1S/C21H35N3O4/c1-21(2,3)19-14(9-8-10-28-19)13-23-20(22-4)24-15-11-16(25-5)18(27-7)17(12-15)26-6/h11-12,14,19H,8-10,13H2,1-7H3,(H2,22,23,24). The zero-order valence-corrected chi connectivity index (χ0v) is 18.2. The molecule has 1 aromatic rings. The summed E-state index contributed by atoms with van der Waals surface area (Å²) in [6.45, 7) is 8.35. The van der Waals surface area contributed by atoms with Gasteiger partial charge in [0, 0.05) is 43.9 Å². The fourth-order valence-electron chi connectivity index (χ4n) is 3.71. The van der Waals surface area contributed by atoms with Gasteiger partial charge in [0.25, 0.3) is 0 Å². The molecule has 0 radical (unpaired) electrons. The monoisotopic (exact) mass is 393 g/mol. The second-order valence-electron chi connectivity index (χ2n) is 8.05. The largest absolute Gasteiger partial charge is 0.493 e. The number of ether oxygens (including phenoxy) is 4. The molecule has 2 unspecified atom stereocenters. The summed E-state index contributed by atoms with van der Waals surface area (Å²) in [6.07, 6.45) is 2.47. The third-order valence-corrected chi connectivity index (χ3v) is 4.98. The Labute approximate surface area is 168 Å². The maximum Gasteiger partial charge on any atom is 0.203 e. The Morgan fingerprint density at radius 3 is 2.29 bits per heavy atom. The number of rotatable bonds is 6. The van der Waals surface area contributed by atoms with Crippen molar-refractivity contribution in [3.63, 3.8) is 0 Å². The lowest BCUT2D eigenvalue weighted by atomic mass is 9.78. The number of aliphatic imine (C=N–C) groups is 1. The summed E-state index contributed by atoms with van der Waals surface area (Å²) in [4.78, 5) is 4.35. The molecule has 0 bridgehead atoms. The van der Waals surface area contributed by atoms with Crippen LogP contribution in [0.1, 0.15) is 33.6 Å². The molecule has 1 saturated heterocycles. The van der Waals surface area contributed by atoms with E-state index in [0.717, 1.165) is 31.7 Å². The van der Waals surface area contributed by atoms with Crippen LogP contribution in [0.15, 0.2) is 17.1 Å². The number of hydrogen-bond donors (Lipinski definition) is 2. The van der Waals surface area contributed by atoms with Gasteiger partial charge in [-0.25, -0.2) is 0 Å². The van der Waals surface area contributed by atoms with Crippen LogP contribution in [0.5, 0.6) is 17.2 Å². The minimum atomic E-state index is 0.112. The molecule has 7 heteroatoms. The summed E-state index contributed by atoms with van der Waals surface area (Å²) < 4.78 is 22.3. The van der Waals surface area contributed by atoms with E-state index in [9.17, 15) is 0 Å². The first kappa shape index (κ1) is 22.1. The second-order valence-corrected chi connectivity index (χ2v) is 8.05. The summed E-state index contributed by atoms with van der Waals surface area (Å²) in [7, 11) is 6.55. The van der Waals surface area contributed by atoms with E-state index >= 15 is 0 Å². The van der Waals surface area contributed by atoms with Gasteiger partial charge in [-0.15, -0.1) is 0 Å². The van der Waals surface area contributed by atoms with Gasteiger partial charge in [-0.1, -0.05) is 20.8 Å². The van der Waals surface area contributed by atoms with Gasteiger partial charge in [0.05, 0.1) is 27.4 Å². The molecule has 2 rings (SSSR count). The molecule has 1 aliphatic heterocycles. The quantitative estimate of drug-likeness (QED) is 0.569. The molecule has 7 nitrogen and oxygen atoms in total. The van der Waals surface area contributed by atoms with Crippen molar-refractivity contribution in [1.82, 2.24) is 5.32 Å². The maximum absolute atomic E-state index is 6.08. The number of hydrogen-bond acceptors (Lipinski definition) is 5. The van der Waals surface area contributed by atoms with Crippen LogP contribution in [0.4, 0.5) is 5.69 Å². The molecular formula is C21H35N3O4. The van der Waals surface area contributed by atoms with Crippen molar-refractivity contribution in [3.8, 4) is 17.2 Å². The van der Waals surface area contributed by atoms with Gasteiger partial charge in [-0.3, -0.25) is 4.99 Å². The van der Waals surface area contributed by atoms with Crippen molar-refractivity contribution in [2.75, 3.05) is 46.8 Å². The van der Waals surface area contributed by atoms with Crippen molar-refractivity contribution in [1.29, 1.82) is 0 Å². The molecule has 0 aromatic heterocycles. The second kappa shape index (κ2) is 9.87. The van der Waals surface area contributed by atoms with Crippen LogP contribution in [-0.4, -0.2) is 53.6 Å². The Hall–Kier alpha value is -2.15. The third-order valence-electron chi connectivity index (χ3n) is 4.98. The molecule has 0 aliphatic carbocycles. The molecular weight excluding hydrogens is 358 g/mol. The predicted octanol–water partition coefficient (Wildman–Crippen LogP) is 3.54. The zero-order valence-electron chi connectivity index (χ0n) is 18.2. The smallest absolute Gasteiger partial charge is 0.203 e. The third kappa shape index (κ3) is 5.44. The van der Waals surface area contributed by atoms with E-state index in [0.29, 0.717) is 29.1 Å². The van der Waals surface area contributed by atoms with Gasteiger partial charge in [-0.05, 0) is 18.3 Å². The number of nitrogens with one attached hydrogen (secondary N) is 2. The average molecular weight is 394 g/mol. The molecule has 1 aliphatic rings. The first-order valence-corrected chi connectivity index (χ1v) is 9.73. The summed E-state index contributed by atoms with van der Waals surface area (Å²) in [5, 5.41) is 6.74. The highest BCUT2D eigenvalue weighted by atomic mass is 16.5. The van der Waals surface area contributed by atoms with Gasteiger partial charge in [-0.2, -0.15) is 0 Å². The van der Waals surface area contributed by atoms with Crippen molar-refractivity contribution in [2.45, 2.75) is 39.7 Å². The van der Waals surface area contributed by atoms with Crippen molar-refractivity contribution >= 4 is 11.6 Å². The zero-order chi connectivity index (χ0) is 20.7.